The second-order valence-corrected chi connectivity index (χ2v) is 4.67. The standard InChI is InChI=1S/C11H11NS/c12-10-6-9(10)7-1-2-11-8(5-7)3-4-13-11/h1-5,9-10H,6,12H2/t9-,10+/m0/s1. The van der Waals surface area contributed by atoms with E-state index in [4.69, 9.17) is 5.73 Å². The number of nitrogens with two attached hydrogens (primary N) is 1. The van der Waals surface area contributed by atoms with E-state index in [1.54, 1.807) is 11.3 Å². The Kier molecular flexibility index (Phi) is 1.49. The third-order valence-corrected chi connectivity index (χ3v) is 3.64. The Hall–Kier alpha value is -0.860. The summed E-state index contributed by atoms with van der Waals surface area (Å²) < 4.78 is 1.37. The summed E-state index contributed by atoms with van der Waals surface area (Å²) in [4.78, 5) is 0. The van der Waals surface area contributed by atoms with E-state index in [2.05, 4.69) is 29.6 Å². The summed E-state index contributed by atoms with van der Waals surface area (Å²) in [5, 5.41) is 3.50. The summed E-state index contributed by atoms with van der Waals surface area (Å²) in [6.45, 7) is 0. The Morgan fingerprint density at radius 3 is 2.92 bits per heavy atom. The molecule has 0 bridgehead atoms. The first-order valence-electron chi connectivity index (χ1n) is 4.57. The van der Waals surface area contributed by atoms with Gasteiger partial charge in [0, 0.05) is 16.7 Å². The van der Waals surface area contributed by atoms with Crippen molar-refractivity contribution >= 4 is 21.4 Å². The van der Waals surface area contributed by atoms with E-state index in [0.29, 0.717) is 12.0 Å². The molecule has 1 aromatic heterocycles. The van der Waals surface area contributed by atoms with Crippen molar-refractivity contribution in [2.75, 3.05) is 0 Å². The van der Waals surface area contributed by atoms with Gasteiger partial charge in [-0.15, -0.1) is 11.3 Å². The number of rotatable bonds is 1. The maximum atomic E-state index is 5.82. The van der Waals surface area contributed by atoms with Gasteiger partial charge in [-0.05, 0) is 40.9 Å². The molecule has 2 atom stereocenters. The average molecular weight is 189 g/mol. The summed E-state index contributed by atoms with van der Waals surface area (Å²) in [6, 6.07) is 9.30. The molecule has 0 saturated heterocycles. The van der Waals surface area contributed by atoms with E-state index in [1.807, 2.05) is 0 Å². The minimum Gasteiger partial charge on any atom is -0.327 e. The minimum absolute atomic E-state index is 0.413. The second-order valence-electron chi connectivity index (χ2n) is 3.72. The van der Waals surface area contributed by atoms with Crippen LogP contribution in [0.15, 0.2) is 29.6 Å². The molecule has 2 aromatic rings. The highest BCUT2D eigenvalue weighted by Gasteiger charge is 2.34. The molecule has 0 spiro atoms. The number of thiophene rings is 1. The molecule has 13 heavy (non-hydrogen) atoms. The van der Waals surface area contributed by atoms with Crippen LogP contribution >= 0.6 is 11.3 Å². The Labute approximate surface area is 81.2 Å². The summed E-state index contributed by atoms with van der Waals surface area (Å²) >= 11 is 1.80. The maximum Gasteiger partial charge on any atom is 0.0342 e. The molecule has 3 rings (SSSR count). The summed E-state index contributed by atoms with van der Waals surface area (Å²) in [6.07, 6.45) is 1.16. The predicted molar refractivity (Wildman–Crippen MR) is 57.2 cm³/mol. The molecule has 2 N–H and O–H groups in total. The van der Waals surface area contributed by atoms with E-state index in [-0.39, 0.29) is 0 Å². The zero-order valence-electron chi connectivity index (χ0n) is 7.23. The number of hydrogen-bond acceptors (Lipinski definition) is 2. The molecule has 0 aliphatic heterocycles. The van der Waals surface area contributed by atoms with Crippen molar-refractivity contribution in [1.29, 1.82) is 0 Å². The molecule has 1 saturated carbocycles. The molecule has 1 fully saturated rings. The van der Waals surface area contributed by atoms with Crippen molar-refractivity contribution in [3.8, 4) is 0 Å². The third-order valence-electron chi connectivity index (χ3n) is 2.74. The van der Waals surface area contributed by atoms with Crippen LogP contribution in [0.1, 0.15) is 17.9 Å². The number of hydrogen-bond donors (Lipinski definition) is 1. The Balaban J connectivity index is 2.10. The van der Waals surface area contributed by atoms with Gasteiger partial charge in [0.15, 0.2) is 0 Å². The van der Waals surface area contributed by atoms with Crippen LogP contribution in [0.5, 0.6) is 0 Å². The molecular weight excluding hydrogens is 178 g/mol. The number of fused-ring (bicyclic) bond motifs is 1. The normalized spacial score (nSPS) is 26.5. The third kappa shape index (κ3) is 1.18. The lowest BCUT2D eigenvalue weighted by molar-refractivity contribution is 0.992. The monoisotopic (exact) mass is 189 g/mol. The zero-order valence-corrected chi connectivity index (χ0v) is 8.05. The van der Waals surface area contributed by atoms with E-state index < -0.39 is 0 Å². The molecule has 1 heterocycles. The Bertz CT molecular complexity index is 446. The maximum absolute atomic E-state index is 5.82. The van der Waals surface area contributed by atoms with Crippen LogP contribution in [0, 0.1) is 0 Å². The largest absolute Gasteiger partial charge is 0.327 e. The molecule has 0 unspecified atom stereocenters. The first-order chi connectivity index (χ1) is 6.34. The van der Waals surface area contributed by atoms with Gasteiger partial charge < -0.3 is 5.73 Å². The molecule has 1 aliphatic carbocycles. The molecule has 1 aliphatic rings. The zero-order chi connectivity index (χ0) is 8.84. The highest BCUT2D eigenvalue weighted by atomic mass is 32.1. The Morgan fingerprint density at radius 1 is 1.31 bits per heavy atom. The smallest absolute Gasteiger partial charge is 0.0342 e. The quantitative estimate of drug-likeness (QED) is 0.733. The van der Waals surface area contributed by atoms with Crippen molar-refractivity contribution in [2.24, 2.45) is 5.73 Å². The fourth-order valence-corrected chi connectivity index (χ4v) is 2.58. The van der Waals surface area contributed by atoms with Gasteiger partial charge in [0.1, 0.15) is 0 Å². The lowest BCUT2D eigenvalue weighted by Crippen LogP contribution is -2.00. The van der Waals surface area contributed by atoms with Crippen LogP contribution in [0.4, 0.5) is 0 Å². The van der Waals surface area contributed by atoms with Gasteiger partial charge in [-0.1, -0.05) is 6.07 Å². The molecular formula is C11H11NS. The van der Waals surface area contributed by atoms with Gasteiger partial charge in [0.2, 0.25) is 0 Å². The van der Waals surface area contributed by atoms with Gasteiger partial charge >= 0.3 is 0 Å². The van der Waals surface area contributed by atoms with E-state index in [9.17, 15) is 0 Å². The fraction of sp³-hybridized carbons (Fsp3) is 0.273. The second kappa shape index (κ2) is 2.56. The van der Waals surface area contributed by atoms with Crippen molar-refractivity contribution in [2.45, 2.75) is 18.4 Å². The van der Waals surface area contributed by atoms with Crippen LogP contribution in [0.25, 0.3) is 10.1 Å². The van der Waals surface area contributed by atoms with Gasteiger partial charge in [0.25, 0.3) is 0 Å². The van der Waals surface area contributed by atoms with Crippen LogP contribution in [-0.2, 0) is 0 Å². The molecule has 1 aromatic carbocycles. The highest BCUT2D eigenvalue weighted by Crippen LogP contribution is 2.40. The molecule has 0 radical (unpaired) electrons. The summed E-state index contributed by atoms with van der Waals surface area (Å²) in [5.74, 6) is 0.629. The van der Waals surface area contributed by atoms with Gasteiger partial charge in [-0.25, -0.2) is 0 Å². The van der Waals surface area contributed by atoms with Crippen LogP contribution < -0.4 is 5.73 Å². The van der Waals surface area contributed by atoms with E-state index in [0.717, 1.165) is 6.42 Å². The summed E-state index contributed by atoms with van der Waals surface area (Å²) in [5.41, 5.74) is 7.24. The highest BCUT2D eigenvalue weighted by molar-refractivity contribution is 7.17. The summed E-state index contributed by atoms with van der Waals surface area (Å²) in [7, 11) is 0. The van der Waals surface area contributed by atoms with E-state index in [1.165, 1.54) is 15.6 Å². The lowest BCUT2D eigenvalue weighted by atomic mass is 10.1. The van der Waals surface area contributed by atoms with Gasteiger partial charge in [0.05, 0.1) is 0 Å². The molecule has 2 heteroatoms. The fourth-order valence-electron chi connectivity index (χ4n) is 1.81. The predicted octanol–water partition coefficient (Wildman–Crippen LogP) is 2.72. The molecule has 1 nitrogen and oxygen atoms in total. The van der Waals surface area contributed by atoms with Crippen LogP contribution in [-0.4, -0.2) is 6.04 Å². The van der Waals surface area contributed by atoms with Gasteiger partial charge in [-0.2, -0.15) is 0 Å². The van der Waals surface area contributed by atoms with Crippen LogP contribution in [0.2, 0.25) is 0 Å². The SMILES string of the molecule is N[C@@H]1C[C@H]1c1ccc2sccc2c1. The van der Waals surface area contributed by atoms with Crippen molar-refractivity contribution in [3.63, 3.8) is 0 Å². The van der Waals surface area contributed by atoms with Crippen molar-refractivity contribution in [1.82, 2.24) is 0 Å². The average Bonchev–Trinajstić information content (AvgIpc) is 2.70. The topological polar surface area (TPSA) is 26.0 Å². The van der Waals surface area contributed by atoms with Crippen LogP contribution in [0.3, 0.4) is 0 Å². The van der Waals surface area contributed by atoms with Crippen molar-refractivity contribution < 1.29 is 0 Å². The lowest BCUT2D eigenvalue weighted by Gasteiger charge is -1.97. The first-order valence-corrected chi connectivity index (χ1v) is 5.45. The molecule has 66 valence electrons. The van der Waals surface area contributed by atoms with Gasteiger partial charge in [-0.3, -0.25) is 0 Å². The first kappa shape index (κ1) is 7.54. The Morgan fingerprint density at radius 2 is 2.15 bits per heavy atom. The number of benzene rings is 1. The van der Waals surface area contributed by atoms with E-state index >= 15 is 0 Å². The minimum atomic E-state index is 0.413. The molecule has 0 amide bonds. The van der Waals surface area contributed by atoms with Crippen molar-refractivity contribution in [3.05, 3.63) is 35.2 Å².